The molecule has 2 aromatic heterocycles. The van der Waals surface area contributed by atoms with Gasteiger partial charge in [-0.2, -0.15) is 14.7 Å². The van der Waals surface area contributed by atoms with Gasteiger partial charge in [0.1, 0.15) is 5.69 Å². The average molecular weight is 316 g/mol. The lowest BCUT2D eigenvalue weighted by molar-refractivity contribution is 0.932. The third-order valence-electron chi connectivity index (χ3n) is 3.30. The van der Waals surface area contributed by atoms with Gasteiger partial charge in [0.15, 0.2) is 5.82 Å². The molecule has 104 valence electrons. The topological polar surface area (TPSA) is 57.7 Å². The molecule has 3 heterocycles. The number of rotatable bonds is 2. The minimum Gasteiger partial charge on any atom is -0.325 e. The van der Waals surface area contributed by atoms with E-state index in [4.69, 9.17) is 11.6 Å². The average Bonchev–Trinajstić information content (AvgIpc) is 3.15. The summed E-state index contributed by atoms with van der Waals surface area (Å²) in [5, 5.41) is 13.0. The van der Waals surface area contributed by atoms with E-state index in [1.54, 1.807) is 0 Å². The van der Waals surface area contributed by atoms with Crippen molar-refractivity contribution in [2.45, 2.75) is 0 Å². The second kappa shape index (κ2) is 4.98. The molecule has 4 rings (SSSR count). The van der Waals surface area contributed by atoms with Crippen LogP contribution in [0.4, 0.5) is 5.82 Å². The third-order valence-corrected chi connectivity index (χ3v) is 4.34. The van der Waals surface area contributed by atoms with Gasteiger partial charge in [-0.25, -0.2) is 0 Å². The van der Waals surface area contributed by atoms with Gasteiger partial charge in [0.2, 0.25) is 0 Å². The molecular formula is C14H10ClN5S. The van der Waals surface area contributed by atoms with Crippen molar-refractivity contribution in [3.63, 3.8) is 0 Å². The molecule has 0 fully saturated rings. The van der Waals surface area contributed by atoms with Crippen LogP contribution in [-0.2, 0) is 0 Å². The van der Waals surface area contributed by atoms with Crippen molar-refractivity contribution >= 4 is 41.2 Å². The fourth-order valence-corrected chi connectivity index (χ4v) is 3.14. The van der Waals surface area contributed by atoms with Crippen molar-refractivity contribution in [2.24, 2.45) is 0 Å². The number of aromatic amines is 1. The summed E-state index contributed by atoms with van der Waals surface area (Å²) in [6.45, 7) is 0.745. The predicted molar refractivity (Wildman–Crippen MR) is 84.5 cm³/mol. The minimum absolute atomic E-state index is 0.681. The summed E-state index contributed by atoms with van der Waals surface area (Å²) < 4.78 is 5.40. The summed E-state index contributed by atoms with van der Waals surface area (Å²) in [6, 6.07) is 7.60. The molecule has 1 aromatic carbocycles. The second-order valence-corrected chi connectivity index (χ2v) is 5.91. The quantitative estimate of drug-likeness (QED) is 0.781. The van der Waals surface area contributed by atoms with Gasteiger partial charge in [0.05, 0.1) is 4.53 Å². The third kappa shape index (κ3) is 2.22. The summed E-state index contributed by atoms with van der Waals surface area (Å²) in [7, 11) is 0. The molecule has 3 aromatic rings. The fourth-order valence-electron chi connectivity index (χ4n) is 2.31. The number of anilines is 1. The van der Waals surface area contributed by atoms with Crippen LogP contribution in [0, 0.1) is 0 Å². The lowest BCUT2D eigenvalue weighted by Crippen LogP contribution is -2.32. The van der Waals surface area contributed by atoms with Crippen LogP contribution >= 0.6 is 23.1 Å². The van der Waals surface area contributed by atoms with Gasteiger partial charge in [-0.1, -0.05) is 23.7 Å². The summed E-state index contributed by atoms with van der Waals surface area (Å²) in [6.07, 6.45) is 6.05. The summed E-state index contributed by atoms with van der Waals surface area (Å²) in [5.41, 5.74) is 1.72. The zero-order chi connectivity index (χ0) is 14.2. The zero-order valence-electron chi connectivity index (χ0n) is 10.8. The van der Waals surface area contributed by atoms with Crippen molar-refractivity contribution in [3.05, 3.63) is 45.2 Å². The fraction of sp³-hybridized carbons (Fsp3) is 0.0714. The van der Waals surface area contributed by atoms with Crippen LogP contribution in [-0.4, -0.2) is 26.3 Å². The van der Waals surface area contributed by atoms with Crippen LogP contribution in [0.3, 0.4) is 0 Å². The summed E-state index contributed by atoms with van der Waals surface area (Å²) in [4.78, 5) is 2.05. The first-order valence-electron chi connectivity index (χ1n) is 6.37. The maximum absolute atomic E-state index is 6.06. The number of benzene rings is 1. The SMILES string of the molecule is Clc1cccc(-c2n[nH]nc2N2C=c3cnsc3=CC2)c1. The maximum atomic E-state index is 6.06. The first-order valence-corrected chi connectivity index (χ1v) is 7.52. The smallest absolute Gasteiger partial charge is 0.183 e. The molecule has 7 heteroatoms. The minimum atomic E-state index is 0.681. The van der Waals surface area contributed by atoms with Crippen LogP contribution in [0.1, 0.15) is 0 Å². The Balaban J connectivity index is 1.80. The van der Waals surface area contributed by atoms with Crippen LogP contribution in [0.2, 0.25) is 5.02 Å². The van der Waals surface area contributed by atoms with Gasteiger partial charge in [-0.15, -0.1) is 5.10 Å². The van der Waals surface area contributed by atoms with Crippen molar-refractivity contribution in [1.82, 2.24) is 19.8 Å². The molecule has 0 spiro atoms. The van der Waals surface area contributed by atoms with Crippen LogP contribution < -0.4 is 14.7 Å². The number of aromatic nitrogens is 4. The molecule has 1 aliphatic heterocycles. The molecule has 0 amide bonds. The second-order valence-electron chi connectivity index (χ2n) is 4.64. The van der Waals surface area contributed by atoms with Crippen LogP contribution in [0.5, 0.6) is 0 Å². The highest BCUT2D eigenvalue weighted by atomic mass is 35.5. The molecule has 0 saturated heterocycles. The van der Waals surface area contributed by atoms with Crippen molar-refractivity contribution in [3.8, 4) is 11.3 Å². The number of halogens is 1. The van der Waals surface area contributed by atoms with E-state index < -0.39 is 0 Å². The predicted octanol–water partition coefficient (Wildman–Crippen LogP) is 1.62. The molecule has 0 bridgehead atoms. The number of nitrogens with one attached hydrogen (secondary N) is 1. The van der Waals surface area contributed by atoms with Gasteiger partial charge in [0, 0.05) is 34.7 Å². The summed E-state index contributed by atoms with van der Waals surface area (Å²) in [5.74, 6) is 0.783. The van der Waals surface area contributed by atoms with E-state index in [1.165, 1.54) is 16.1 Å². The number of fused-ring (bicyclic) bond motifs is 1. The van der Waals surface area contributed by atoms with Crippen molar-refractivity contribution < 1.29 is 0 Å². The van der Waals surface area contributed by atoms with Gasteiger partial charge < -0.3 is 4.90 Å². The Morgan fingerprint density at radius 3 is 3.14 bits per heavy atom. The van der Waals surface area contributed by atoms with E-state index in [0.29, 0.717) is 5.02 Å². The number of hydrogen-bond donors (Lipinski definition) is 1. The molecular weight excluding hydrogens is 306 g/mol. The van der Waals surface area contributed by atoms with E-state index in [1.807, 2.05) is 36.7 Å². The molecule has 21 heavy (non-hydrogen) atoms. The number of hydrogen-bond acceptors (Lipinski definition) is 5. The van der Waals surface area contributed by atoms with E-state index in [9.17, 15) is 0 Å². The van der Waals surface area contributed by atoms with Gasteiger partial charge in [0.25, 0.3) is 0 Å². The molecule has 0 atom stereocenters. The van der Waals surface area contributed by atoms with Gasteiger partial charge >= 0.3 is 0 Å². The highest BCUT2D eigenvalue weighted by Gasteiger charge is 2.17. The molecule has 0 saturated carbocycles. The molecule has 0 radical (unpaired) electrons. The van der Waals surface area contributed by atoms with Crippen LogP contribution in [0.25, 0.3) is 23.5 Å². The van der Waals surface area contributed by atoms with Gasteiger partial charge in [-0.05, 0) is 29.7 Å². The largest absolute Gasteiger partial charge is 0.325 e. The lowest BCUT2D eigenvalue weighted by atomic mass is 10.1. The van der Waals surface area contributed by atoms with E-state index in [0.717, 1.165) is 28.8 Å². The lowest BCUT2D eigenvalue weighted by Gasteiger charge is -2.18. The van der Waals surface area contributed by atoms with Gasteiger partial charge in [-0.3, -0.25) is 0 Å². The highest BCUT2D eigenvalue weighted by Crippen LogP contribution is 2.28. The highest BCUT2D eigenvalue weighted by molar-refractivity contribution is 7.03. The Kier molecular flexibility index (Phi) is 2.98. The Bertz CT molecular complexity index is 913. The molecule has 1 N–H and O–H groups in total. The molecule has 0 aliphatic carbocycles. The molecule has 1 aliphatic rings. The first-order chi connectivity index (χ1) is 10.3. The maximum Gasteiger partial charge on any atom is 0.183 e. The van der Waals surface area contributed by atoms with E-state index >= 15 is 0 Å². The Labute approximate surface area is 129 Å². The van der Waals surface area contributed by atoms with Crippen molar-refractivity contribution in [2.75, 3.05) is 11.4 Å². The van der Waals surface area contributed by atoms with Crippen LogP contribution in [0.15, 0.2) is 30.5 Å². The Morgan fingerprint density at radius 2 is 2.24 bits per heavy atom. The number of H-pyrrole nitrogens is 1. The number of nitrogens with zero attached hydrogens (tertiary/aromatic N) is 4. The Morgan fingerprint density at radius 1 is 1.29 bits per heavy atom. The summed E-state index contributed by atoms with van der Waals surface area (Å²) >= 11 is 7.56. The standard InChI is InChI=1S/C14H10ClN5S/c15-11-3-1-2-9(6-11)13-14(18-19-17-13)20-5-4-12-10(8-20)7-16-21-12/h1-4,6-8H,5H2,(H,17,18,19). The van der Waals surface area contributed by atoms with E-state index in [2.05, 4.69) is 30.8 Å². The molecule has 5 nitrogen and oxygen atoms in total. The monoisotopic (exact) mass is 315 g/mol. The van der Waals surface area contributed by atoms with Crippen molar-refractivity contribution in [1.29, 1.82) is 0 Å². The normalized spacial score (nSPS) is 13.5. The molecule has 0 unspecified atom stereocenters. The zero-order valence-corrected chi connectivity index (χ0v) is 12.4. The first kappa shape index (κ1) is 12.6. The van der Waals surface area contributed by atoms with E-state index in [-0.39, 0.29) is 0 Å². The Hall–Kier alpha value is -2.18.